The van der Waals surface area contributed by atoms with Crippen LogP contribution in [0.25, 0.3) is 5.70 Å². The topological polar surface area (TPSA) is 81.8 Å². The van der Waals surface area contributed by atoms with Crippen molar-refractivity contribution < 1.29 is 14.4 Å². The fourth-order valence-electron chi connectivity index (χ4n) is 4.53. The molecule has 1 aliphatic carbocycles. The normalized spacial score (nSPS) is 17.5. The van der Waals surface area contributed by atoms with Crippen LogP contribution < -0.4 is 10.6 Å². The van der Waals surface area contributed by atoms with Crippen molar-refractivity contribution in [3.63, 3.8) is 0 Å². The number of allylic oxidation sites excluding steroid dienone is 4. The summed E-state index contributed by atoms with van der Waals surface area (Å²) in [5.74, 6) is 1.28. The third-order valence-corrected chi connectivity index (χ3v) is 8.99. The van der Waals surface area contributed by atoms with E-state index in [1.54, 1.807) is 21.6 Å². The van der Waals surface area contributed by atoms with Crippen molar-refractivity contribution in [2.75, 3.05) is 51.8 Å². The molecule has 0 saturated carbocycles. The average Bonchev–Trinajstić information content (AvgIpc) is 2.89. The highest BCUT2D eigenvalue weighted by Crippen LogP contribution is 2.28. The Morgan fingerprint density at radius 3 is 2.68 bits per heavy atom. The summed E-state index contributed by atoms with van der Waals surface area (Å²) in [6, 6.07) is 5.70. The number of carbonyl (C=O) groups is 3. The van der Waals surface area contributed by atoms with Crippen molar-refractivity contribution in [1.82, 2.24) is 20.4 Å². The van der Waals surface area contributed by atoms with Crippen molar-refractivity contribution in [1.29, 1.82) is 0 Å². The van der Waals surface area contributed by atoms with Crippen molar-refractivity contribution in [3.8, 4) is 0 Å². The summed E-state index contributed by atoms with van der Waals surface area (Å²) in [5.41, 5.74) is 4.13. The maximum absolute atomic E-state index is 13.2. The zero-order chi connectivity index (χ0) is 27.5. The molecule has 9 heteroatoms. The lowest BCUT2D eigenvalue weighted by Crippen LogP contribution is -2.43. The number of nitrogens with one attached hydrogen (secondary N) is 2. The second-order valence-corrected chi connectivity index (χ2v) is 12.4. The molecule has 7 nitrogen and oxygen atoms in total. The summed E-state index contributed by atoms with van der Waals surface area (Å²) in [4.78, 5) is 42.1. The molecular weight excluding hydrogens is 516 g/mol. The summed E-state index contributed by atoms with van der Waals surface area (Å²) in [7, 11) is 7.37. The van der Waals surface area contributed by atoms with E-state index in [9.17, 15) is 14.4 Å². The third-order valence-electron chi connectivity index (χ3n) is 6.60. The smallest absolute Gasteiger partial charge is 0.260 e. The van der Waals surface area contributed by atoms with E-state index in [1.807, 2.05) is 43.4 Å². The molecule has 0 radical (unpaired) electrons. The monoisotopic (exact) mass is 556 g/mol. The fourth-order valence-corrected chi connectivity index (χ4v) is 6.39. The second kappa shape index (κ2) is 15.2. The third kappa shape index (κ3) is 8.25. The zero-order valence-electron chi connectivity index (χ0n) is 22.9. The van der Waals surface area contributed by atoms with Gasteiger partial charge in [-0.3, -0.25) is 19.3 Å². The van der Waals surface area contributed by atoms with Crippen molar-refractivity contribution >= 4 is 45.0 Å². The molecule has 3 rings (SSSR count). The molecule has 1 aromatic rings. The lowest BCUT2D eigenvalue weighted by atomic mass is 9.91. The quantitative estimate of drug-likeness (QED) is 0.203. The van der Waals surface area contributed by atoms with E-state index in [0.717, 1.165) is 54.1 Å². The van der Waals surface area contributed by atoms with Crippen LogP contribution in [-0.4, -0.2) is 79.3 Å². The Morgan fingerprint density at radius 2 is 1.95 bits per heavy atom. The molecule has 2 aliphatic rings. The van der Waals surface area contributed by atoms with Gasteiger partial charge in [0.2, 0.25) is 11.8 Å². The van der Waals surface area contributed by atoms with Crippen LogP contribution in [0.2, 0.25) is 0 Å². The van der Waals surface area contributed by atoms with Gasteiger partial charge in [0.05, 0.1) is 6.42 Å². The van der Waals surface area contributed by atoms with Crippen molar-refractivity contribution in [2.24, 2.45) is 5.92 Å². The molecule has 1 atom stereocenters. The SMILES string of the molecule is C/C=C(/NCCCN(C)C)c1cccc2c1CC(=O)N(CCSSCCNC(=O)C1=CC=CCC1C)C2=O. The maximum Gasteiger partial charge on any atom is 0.260 e. The van der Waals surface area contributed by atoms with Crippen LogP contribution in [0, 0.1) is 5.92 Å². The lowest BCUT2D eigenvalue weighted by Gasteiger charge is -2.28. The summed E-state index contributed by atoms with van der Waals surface area (Å²) >= 11 is 0. The summed E-state index contributed by atoms with van der Waals surface area (Å²) in [5, 5.41) is 6.46. The molecule has 3 amide bonds. The van der Waals surface area contributed by atoms with Gasteiger partial charge in [-0.1, -0.05) is 64.9 Å². The number of nitrogens with zero attached hydrogens (tertiary/aromatic N) is 2. The Kier molecular flexibility index (Phi) is 12.0. The standard InChI is InChI=1S/C29H40N4O3S2/c1-5-26(30-14-9-16-32(3)4)23-12-8-13-24-25(23)20-27(34)33(29(24)36)17-19-38-37-18-15-31-28(35)22-11-7-6-10-21(22)2/h5-8,11-13,21,30H,9-10,14-20H2,1-4H3,(H,31,35)/b26-5+. The number of amides is 3. The lowest BCUT2D eigenvalue weighted by molar-refractivity contribution is -0.128. The molecule has 206 valence electrons. The Bertz CT molecular complexity index is 1100. The van der Waals surface area contributed by atoms with Crippen LogP contribution in [0.3, 0.4) is 0 Å². The highest BCUT2D eigenvalue weighted by atomic mass is 33.1. The highest BCUT2D eigenvalue weighted by molar-refractivity contribution is 8.76. The maximum atomic E-state index is 13.2. The molecule has 2 N–H and O–H groups in total. The minimum Gasteiger partial charge on any atom is -0.385 e. The van der Waals surface area contributed by atoms with Gasteiger partial charge in [0.15, 0.2) is 0 Å². The molecular formula is C29H40N4O3S2. The minimum atomic E-state index is -0.219. The molecule has 38 heavy (non-hydrogen) atoms. The van der Waals surface area contributed by atoms with Gasteiger partial charge in [0, 0.05) is 53.5 Å². The number of rotatable bonds is 14. The molecule has 0 saturated heterocycles. The van der Waals surface area contributed by atoms with E-state index in [4.69, 9.17) is 0 Å². The van der Waals surface area contributed by atoms with E-state index in [0.29, 0.717) is 24.4 Å². The van der Waals surface area contributed by atoms with Gasteiger partial charge in [-0.15, -0.1) is 0 Å². The molecule has 1 aromatic carbocycles. The Balaban J connectivity index is 1.46. The fraction of sp³-hybridized carbons (Fsp3) is 0.483. The summed E-state index contributed by atoms with van der Waals surface area (Å²) < 4.78 is 0. The van der Waals surface area contributed by atoms with Crippen molar-refractivity contribution in [3.05, 3.63) is 64.8 Å². The summed E-state index contributed by atoms with van der Waals surface area (Å²) in [6.45, 7) is 6.80. The van der Waals surface area contributed by atoms with Crippen LogP contribution in [0.1, 0.15) is 48.2 Å². The first-order valence-electron chi connectivity index (χ1n) is 13.2. The molecule has 0 fully saturated rings. The van der Waals surface area contributed by atoms with Crippen LogP contribution in [0.4, 0.5) is 0 Å². The van der Waals surface area contributed by atoms with E-state index in [2.05, 4.69) is 42.6 Å². The van der Waals surface area contributed by atoms with Crippen LogP contribution in [0.15, 0.2) is 48.1 Å². The van der Waals surface area contributed by atoms with Crippen molar-refractivity contribution in [2.45, 2.75) is 33.1 Å². The van der Waals surface area contributed by atoms with Crippen LogP contribution in [0.5, 0.6) is 0 Å². The van der Waals surface area contributed by atoms with Crippen LogP contribution in [-0.2, 0) is 16.0 Å². The number of fused-ring (bicyclic) bond motifs is 1. The first-order valence-corrected chi connectivity index (χ1v) is 15.7. The molecule has 0 aromatic heterocycles. The number of hydrogen-bond donors (Lipinski definition) is 2. The van der Waals surface area contributed by atoms with Gasteiger partial charge in [-0.25, -0.2) is 0 Å². The molecule has 1 unspecified atom stereocenters. The van der Waals surface area contributed by atoms with E-state index >= 15 is 0 Å². The summed E-state index contributed by atoms with van der Waals surface area (Å²) in [6.07, 6.45) is 10.0. The van der Waals surface area contributed by atoms with Gasteiger partial charge in [0.25, 0.3) is 5.91 Å². The zero-order valence-corrected chi connectivity index (χ0v) is 24.6. The van der Waals surface area contributed by atoms with E-state index in [-0.39, 0.29) is 30.1 Å². The largest absolute Gasteiger partial charge is 0.385 e. The van der Waals surface area contributed by atoms with Gasteiger partial charge in [-0.05, 0) is 58.0 Å². The highest BCUT2D eigenvalue weighted by Gasteiger charge is 2.32. The predicted octanol–water partition coefficient (Wildman–Crippen LogP) is 4.13. The van der Waals surface area contributed by atoms with Gasteiger partial charge >= 0.3 is 0 Å². The number of imide groups is 1. The number of benzene rings is 1. The minimum absolute atomic E-state index is 0.000154. The first kappa shape index (κ1) is 30.1. The molecule has 1 aliphatic heterocycles. The molecule has 1 heterocycles. The van der Waals surface area contributed by atoms with Gasteiger partial charge in [-0.2, -0.15) is 0 Å². The average molecular weight is 557 g/mol. The van der Waals surface area contributed by atoms with E-state index in [1.165, 1.54) is 4.90 Å². The van der Waals surface area contributed by atoms with Gasteiger partial charge < -0.3 is 15.5 Å². The molecule has 0 bridgehead atoms. The van der Waals surface area contributed by atoms with Crippen LogP contribution >= 0.6 is 21.6 Å². The Hall–Kier alpha value is -2.49. The number of carbonyl (C=O) groups excluding carboxylic acids is 3. The Labute approximate surface area is 234 Å². The Morgan fingerprint density at radius 1 is 1.16 bits per heavy atom. The molecule has 0 spiro atoms. The predicted molar refractivity (Wildman–Crippen MR) is 160 cm³/mol. The first-order chi connectivity index (χ1) is 18.3. The second-order valence-electron chi connectivity index (χ2n) is 9.73. The number of hydrogen-bond acceptors (Lipinski definition) is 7. The van der Waals surface area contributed by atoms with Gasteiger partial charge in [0.1, 0.15) is 0 Å². The van der Waals surface area contributed by atoms with E-state index < -0.39 is 0 Å².